The van der Waals surface area contributed by atoms with E-state index < -0.39 is 31.1 Å². The van der Waals surface area contributed by atoms with Gasteiger partial charge in [0.2, 0.25) is 0 Å². The van der Waals surface area contributed by atoms with Gasteiger partial charge in [0.05, 0.1) is 23.8 Å². The van der Waals surface area contributed by atoms with Crippen molar-refractivity contribution in [2.24, 2.45) is 4.99 Å². The van der Waals surface area contributed by atoms with Gasteiger partial charge in [-0.3, -0.25) is 4.57 Å². The summed E-state index contributed by atoms with van der Waals surface area (Å²) in [6.45, 7) is 1.09. The topological polar surface area (TPSA) is 162 Å². The Kier molecular flexibility index (Phi) is 10.0. The van der Waals surface area contributed by atoms with E-state index in [0.29, 0.717) is 28.6 Å². The first-order chi connectivity index (χ1) is 18.5. The van der Waals surface area contributed by atoms with Crippen LogP contribution in [0.4, 0.5) is 17.2 Å². The number of aromatic nitrogens is 4. The number of hydrogen-bond donors (Lipinski definition) is 6. The molecular formula is C24H30N8O4S2. The van der Waals surface area contributed by atoms with Crippen LogP contribution in [0, 0.1) is 0 Å². The maximum atomic E-state index is 10.3. The molecule has 0 amide bonds. The highest BCUT2D eigenvalue weighted by Crippen LogP contribution is 2.32. The molecule has 1 fully saturated rings. The van der Waals surface area contributed by atoms with Crippen LogP contribution in [0.1, 0.15) is 31.9 Å². The second-order valence-electron chi connectivity index (χ2n) is 8.75. The van der Waals surface area contributed by atoms with Gasteiger partial charge in [-0.2, -0.15) is 4.99 Å². The summed E-state index contributed by atoms with van der Waals surface area (Å²) in [5.41, 5.74) is 2.62. The molecule has 14 heteroatoms. The normalized spacial score (nSPS) is 20.7. The lowest BCUT2D eigenvalue weighted by atomic mass is 10.1. The number of unbranched alkanes of at least 4 members (excludes halogenated alkanes) is 3. The fourth-order valence-electron chi connectivity index (χ4n) is 4.14. The largest absolute Gasteiger partial charge is 0.394 e. The van der Waals surface area contributed by atoms with Crippen LogP contribution < -0.4 is 16.0 Å². The number of isothiocyanates is 1. The number of imidazole rings is 1. The van der Waals surface area contributed by atoms with E-state index in [0.717, 1.165) is 43.6 Å². The molecule has 1 saturated heterocycles. The molecular weight excluding hydrogens is 528 g/mol. The van der Waals surface area contributed by atoms with Crippen LogP contribution in [0.3, 0.4) is 0 Å². The molecule has 0 spiro atoms. The zero-order valence-electron chi connectivity index (χ0n) is 20.5. The van der Waals surface area contributed by atoms with E-state index in [-0.39, 0.29) is 0 Å². The van der Waals surface area contributed by atoms with E-state index in [1.807, 2.05) is 24.3 Å². The molecule has 0 bridgehead atoms. The first-order valence-corrected chi connectivity index (χ1v) is 13.1. The van der Waals surface area contributed by atoms with Crippen molar-refractivity contribution in [1.29, 1.82) is 0 Å². The summed E-state index contributed by atoms with van der Waals surface area (Å²) >= 11 is 9.94. The number of aliphatic hydroxyl groups is 3. The van der Waals surface area contributed by atoms with E-state index in [4.69, 9.17) is 17.0 Å². The standard InChI is InChI=1S/C24H30N8O4S2/c33-11-17-19(34)20(35)23(36-17)32-13-29-18-21(27-12-28-22(18)32)25-9-3-1-2-4-10-26-24(38)31-16-7-5-15(6-8-16)30-14-37/h5-8,12-13,17,19-20,23,33-35H,1-4,9-11H2,(H,25,27,28)(H2,26,31,38)/t17-,19-,20-,23-/m1/s1. The molecule has 0 aliphatic carbocycles. The van der Waals surface area contributed by atoms with Gasteiger partial charge in [0.25, 0.3) is 0 Å². The van der Waals surface area contributed by atoms with E-state index in [1.54, 1.807) is 4.57 Å². The van der Waals surface area contributed by atoms with Crippen molar-refractivity contribution in [1.82, 2.24) is 24.8 Å². The van der Waals surface area contributed by atoms with E-state index in [9.17, 15) is 15.3 Å². The van der Waals surface area contributed by atoms with Gasteiger partial charge in [-0.05, 0) is 61.5 Å². The molecule has 2 aromatic heterocycles. The van der Waals surface area contributed by atoms with Crippen molar-refractivity contribution in [2.75, 3.05) is 30.3 Å². The van der Waals surface area contributed by atoms with Crippen LogP contribution >= 0.6 is 24.4 Å². The Bertz CT molecular complexity index is 1270. The molecule has 1 aromatic carbocycles. The van der Waals surface area contributed by atoms with Crippen LogP contribution in [0.2, 0.25) is 0 Å². The van der Waals surface area contributed by atoms with E-state index >= 15 is 0 Å². The lowest BCUT2D eigenvalue weighted by molar-refractivity contribution is -0.0511. The Morgan fingerprint density at radius 1 is 1.05 bits per heavy atom. The number of thiocarbonyl (C=S) groups is 2. The smallest absolute Gasteiger partial charge is 0.170 e. The minimum atomic E-state index is -1.21. The summed E-state index contributed by atoms with van der Waals surface area (Å²) in [5.74, 6) is 0.584. The fourth-order valence-corrected chi connectivity index (χ4v) is 4.46. The van der Waals surface area contributed by atoms with Gasteiger partial charge >= 0.3 is 0 Å². The number of nitrogens with zero attached hydrogens (tertiary/aromatic N) is 5. The number of rotatable bonds is 12. The number of hydrogen-bond acceptors (Lipinski definition) is 11. The summed E-state index contributed by atoms with van der Waals surface area (Å²) < 4.78 is 7.14. The van der Waals surface area contributed by atoms with Crippen LogP contribution in [-0.2, 0) is 4.74 Å². The third-order valence-corrected chi connectivity index (χ3v) is 6.47. The fraction of sp³-hybridized carbons (Fsp3) is 0.458. The van der Waals surface area contributed by atoms with Crippen LogP contribution in [0.25, 0.3) is 11.2 Å². The van der Waals surface area contributed by atoms with Crippen molar-refractivity contribution < 1.29 is 20.1 Å². The Morgan fingerprint density at radius 3 is 2.53 bits per heavy atom. The molecule has 1 aliphatic heterocycles. The highest BCUT2D eigenvalue weighted by molar-refractivity contribution is 7.80. The number of fused-ring (bicyclic) bond motifs is 1. The number of aliphatic hydroxyl groups excluding tert-OH is 3. The Morgan fingerprint density at radius 2 is 1.82 bits per heavy atom. The lowest BCUT2D eigenvalue weighted by Gasteiger charge is -2.16. The van der Waals surface area contributed by atoms with E-state index in [2.05, 4.69) is 53.3 Å². The summed E-state index contributed by atoms with van der Waals surface area (Å²) in [6.07, 6.45) is 2.72. The zero-order chi connectivity index (χ0) is 26.9. The molecule has 12 nitrogen and oxygen atoms in total. The maximum absolute atomic E-state index is 10.3. The molecule has 3 aromatic rings. The van der Waals surface area contributed by atoms with Crippen LogP contribution in [0.15, 0.2) is 41.9 Å². The van der Waals surface area contributed by atoms with Crippen LogP contribution in [-0.4, -0.2) is 83.1 Å². The molecule has 6 N–H and O–H groups in total. The van der Waals surface area contributed by atoms with Crippen molar-refractivity contribution in [3.8, 4) is 0 Å². The molecule has 1 aliphatic rings. The highest BCUT2D eigenvalue weighted by Gasteiger charge is 2.44. The number of benzene rings is 1. The zero-order valence-corrected chi connectivity index (χ0v) is 22.2. The molecule has 4 atom stereocenters. The maximum Gasteiger partial charge on any atom is 0.170 e. The Hall–Kier alpha value is -3.10. The third kappa shape index (κ3) is 6.85. The second kappa shape index (κ2) is 13.6. The summed E-state index contributed by atoms with van der Waals surface area (Å²) in [7, 11) is 0. The lowest BCUT2D eigenvalue weighted by Crippen LogP contribution is -2.33. The summed E-state index contributed by atoms with van der Waals surface area (Å²) in [5, 5.41) is 42.3. The van der Waals surface area contributed by atoms with Gasteiger partial charge in [-0.1, -0.05) is 12.8 Å². The van der Waals surface area contributed by atoms with Crippen molar-refractivity contribution in [2.45, 2.75) is 50.2 Å². The molecule has 38 heavy (non-hydrogen) atoms. The molecule has 0 saturated carbocycles. The average Bonchev–Trinajstić information content (AvgIpc) is 3.47. The minimum Gasteiger partial charge on any atom is -0.394 e. The third-order valence-electron chi connectivity index (χ3n) is 6.13. The monoisotopic (exact) mass is 558 g/mol. The summed E-state index contributed by atoms with van der Waals surface area (Å²) in [4.78, 5) is 16.9. The van der Waals surface area contributed by atoms with Gasteiger partial charge in [-0.25, -0.2) is 15.0 Å². The van der Waals surface area contributed by atoms with Gasteiger partial charge in [0, 0.05) is 18.8 Å². The molecule has 202 valence electrons. The number of aliphatic imine (C=N–C) groups is 1. The van der Waals surface area contributed by atoms with Gasteiger partial charge < -0.3 is 36.0 Å². The number of ether oxygens (including phenoxy) is 1. The van der Waals surface area contributed by atoms with Gasteiger partial charge in [0.15, 0.2) is 28.3 Å². The quantitative estimate of drug-likeness (QED) is 0.109. The SMILES string of the molecule is OC[C@H]1O[C@@H](n2cnc3c(NCCCCCCNC(=S)Nc4ccc(N=C=S)cc4)ncnc32)[C@H](O)[C@@H]1O. The Labute approximate surface area is 230 Å². The van der Waals surface area contributed by atoms with Gasteiger partial charge in [0.1, 0.15) is 24.6 Å². The second-order valence-corrected chi connectivity index (χ2v) is 9.34. The van der Waals surface area contributed by atoms with E-state index in [1.165, 1.54) is 12.7 Å². The average molecular weight is 559 g/mol. The Balaban J connectivity index is 1.15. The summed E-state index contributed by atoms with van der Waals surface area (Å²) in [6, 6.07) is 7.43. The van der Waals surface area contributed by atoms with Gasteiger partial charge in [-0.15, -0.1) is 0 Å². The molecule has 0 radical (unpaired) electrons. The highest BCUT2D eigenvalue weighted by atomic mass is 32.1. The van der Waals surface area contributed by atoms with Crippen molar-refractivity contribution in [3.63, 3.8) is 0 Å². The molecule has 4 rings (SSSR count). The van der Waals surface area contributed by atoms with Crippen molar-refractivity contribution >= 4 is 63.1 Å². The van der Waals surface area contributed by atoms with Crippen molar-refractivity contribution in [3.05, 3.63) is 36.9 Å². The number of anilines is 2. The first kappa shape index (κ1) is 27.9. The molecule has 0 unspecified atom stereocenters. The van der Waals surface area contributed by atoms with Crippen LogP contribution in [0.5, 0.6) is 0 Å². The first-order valence-electron chi connectivity index (χ1n) is 12.3. The molecule has 3 heterocycles. The predicted octanol–water partition coefficient (Wildman–Crippen LogP) is 2.13. The number of nitrogens with one attached hydrogen (secondary N) is 3. The predicted molar refractivity (Wildman–Crippen MR) is 151 cm³/mol. The minimum absolute atomic E-state index is 0.400.